The maximum Gasteiger partial charge on any atom is 0.183 e. The van der Waals surface area contributed by atoms with Crippen LogP contribution in [-0.2, 0) is 14.6 Å². The highest BCUT2D eigenvalue weighted by atomic mass is 79.9. The summed E-state index contributed by atoms with van der Waals surface area (Å²) in [5.41, 5.74) is 3.77. The summed E-state index contributed by atoms with van der Waals surface area (Å²) in [6.07, 6.45) is 1.75. The van der Waals surface area contributed by atoms with Gasteiger partial charge in [-0.1, -0.05) is 44.0 Å². The average molecular weight is 513 g/mol. The monoisotopic (exact) mass is 510 g/mol. The van der Waals surface area contributed by atoms with E-state index in [1.807, 2.05) is 0 Å². The van der Waals surface area contributed by atoms with E-state index in [4.69, 9.17) is 16.0 Å². The number of nitrogens with zero attached hydrogens (tertiary/aromatic N) is 1. The predicted molar refractivity (Wildman–Crippen MR) is 119 cm³/mol. The fraction of sp³-hybridized carbons (Fsp3) is 0.667. The highest BCUT2D eigenvalue weighted by molar-refractivity contribution is 9.10. The molecule has 1 heterocycles. The Morgan fingerprint density at radius 2 is 1.96 bits per heavy atom. The maximum atomic E-state index is 6.72. The minimum Gasteiger partial charge on any atom is -0.417 e. The van der Waals surface area contributed by atoms with Gasteiger partial charge in [-0.25, -0.2) is 0 Å². The smallest absolute Gasteiger partial charge is 0.183 e. The van der Waals surface area contributed by atoms with Crippen LogP contribution < -0.4 is 10.2 Å². The fourth-order valence-corrected chi connectivity index (χ4v) is 5.68. The van der Waals surface area contributed by atoms with Crippen molar-refractivity contribution < 1.29 is 4.43 Å². The fourth-order valence-electron chi connectivity index (χ4n) is 2.96. The van der Waals surface area contributed by atoms with E-state index < -0.39 is 12.1 Å². The Morgan fingerprint density at radius 1 is 1.28 bits per heavy atom. The van der Waals surface area contributed by atoms with Crippen molar-refractivity contribution >= 4 is 57.5 Å². The molecule has 25 heavy (non-hydrogen) atoms. The molecule has 1 fully saturated rings. The van der Waals surface area contributed by atoms with Crippen molar-refractivity contribution in [2.45, 2.75) is 36.3 Å². The minimum atomic E-state index is -1.50. The maximum absolute atomic E-state index is 6.72. The average Bonchev–Trinajstić information content (AvgIpc) is 2.54. The molecule has 1 aromatic carbocycles. The van der Waals surface area contributed by atoms with Crippen LogP contribution in [0.4, 0.5) is 5.69 Å². The van der Waals surface area contributed by atoms with E-state index in [1.54, 1.807) is 0 Å². The largest absolute Gasteiger partial charge is 0.417 e. The number of rotatable bonds is 8. The Labute approximate surface area is 175 Å². The number of hydrogen-bond donors (Lipinski definition) is 1. The Kier molecular flexibility index (Phi) is 8.30. The zero-order chi connectivity index (χ0) is 18.5. The zero-order valence-electron chi connectivity index (χ0n) is 15.4. The van der Waals surface area contributed by atoms with Crippen LogP contribution in [-0.4, -0.2) is 46.4 Å². The van der Waals surface area contributed by atoms with Gasteiger partial charge in [-0.2, -0.15) is 0 Å². The van der Waals surface area contributed by atoms with Crippen LogP contribution in [0.5, 0.6) is 0 Å². The summed E-state index contributed by atoms with van der Waals surface area (Å²) >= 11 is 13.9. The van der Waals surface area contributed by atoms with Crippen LogP contribution in [0.2, 0.25) is 19.6 Å². The van der Waals surface area contributed by atoms with Gasteiger partial charge in [0.15, 0.2) is 8.32 Å². The van der Waals surface area contributed by atoms with Crippen molar-refractivity contribution in [3.63, 3.8) is 0 Å². The molecule has 0 saturated carbocycles. The number of halogens is 3. The third kappa shape index (κ3) is 6.81. The van der Waals surface area contributed by atoms with E-state index in [0.29, 0.717) is 0 Å². The Balaban J connectivity index is 2.24. The lowest BCUT2D eigenvalue weighted by Crippen LogP contribution is -2.44. The number of alkyl halides is 3. The molecule has 1 atom stereocenters. The molecular formula is C18H29Br2ClN2OSi. The first-order valence-electron chi connectivity index (χ1n) is 8.90. The molecule has 142 valence electrons. The quantitative estimate of drug-likeness (QED) is 0.389. The normalized spacial score (nSPS) is 18.2. The van der Waals surface area contributed by atoms with Crippen LogP contribution in [0.15, 0.2) is 18.2 Å². The van der Waals surface area contributed by atoms with Crippen molar-refractivity contribution in [2.24, 2.45) is 0 Å². The van der Waals surface area contributed by atoms with E-state index >= 15 is 0 Å². The van der Waals surface area contributed by atoms with Gasteiger partial charge in [0.05, 0.1) is 0 Å². The van der Waals surface area contributed by atoms with Crippen LogP contribution in [0.25, 0.3) is 0 Å². The highest BCUT2D eigenvalue weighted by Gasteiger charge is 2.27. The second-order valence-corrected chi connectivity index (χ2v) is 15.2. The third-order valence-electron chi connectivity index (χ3n) is 4.27. The van der Waals surface area contributed by atoms with Gasteiger partial charge in [0.2, 0.25) is 0 Å². The molecule has 3 nitrogen and oxygen atoms in total. The van der Waals surface area contributed by atoms with Crippen LogP contribution in [0.1, 0.15) is 17.5 Å². The zero-order valence-corrected chi connectivity index (χ0v) is 20.3. The molecule has 1 aliphatic rings. The molecule has 1 unspecified atom stereocenters. The van der Waals surface area contributed by atoms with Gasteiger partial charge in [-0.05, 0) is 49.7 Å². The predicted octanol–water partition coefficient (Wildman–Crippen LogP) is 5.06. The van der Waals surface area contributed by atoms with Crippen LogP contribution in [0.3, 0.4) is 0 Å². The van der Waals surface area contributed by atoms with Crippen molar-refractivity contribution in [3.05, 3.63) is 29.3 Å². The Hall–Kier alpha value is 0.407. The van der Waals surface area contributed by atoms with Gasteiger partial charge >= 0.3 is 0 Å². The van der Waals surface area contributed by atoms with Gasteiger partial charge in [0, 0.05) is 43.8 Å². The number of piperazine rings is 1. The first kappa shape index (κ1) is 21.7. The van der Waals surface area contributed by atoms with E-state index in [2.05, 4.69) is 79.9 Å². The van der Waals surface area contributed by atoms with Crippen molar-refractivity contribution in [1.82, 2.24) is 5.32 Å². The Morgan fingerprint density at radius 3 is 2.56 bits per heavy atom. The summed E-state index contributed by atoms with van der Waals surface area (Å²) in [7, 11) is -1.50. The molecule has 1 aromatic rings. The molecule has 1 N–H and O–H groups in total. The summed E-state index contributed by atoms with van der Waals surface area (Å²) in [4.78, 5) is 2.47. The second-order valence-electron chi connectivity index (χ2n) is 7.43. The van der Waals surface area contributed by atoms with Crippen molar-refractivity contribution in [1.29, 1.82) is 0 Å². The molecule has 7 heteroatoms. The molecular weight excluding hydrogens is 484 g/mol. The molecule has 2 rings (SSSR count). The van der Waals surface area contributed by atoms with Crippen LogP contribution in [0, 0.1) is 0 Å². The summed E-state index contributed by atoms with van der Waals surface area (Å²) in [6, 6.07) is 6.65. The molecule has 0 radical (unpaired) electrons. The lowest BCUT2D eigenvalue weighted by molar-refractivity contribution is 0.316. The lowest BCUT2D eigenvalue weighted by atomic mass is 10.0. The van der Waals surface area contributed by atoms with Crippen LogP contribution >= 0.6 is 43.5 Å². The number of anilines is 1. The first-order valence-corrected chi connectivity index (χ1v) is 14.6. The van der Waals surface area contributed by atoms with Crippen molar-refractivity contribution in [3.8, 4) is 0 Å². The van der Waals surface area contributed by atoms with Gasteiger partial charge in [0.25, 0.3) is 0 Å². The van der Waals surface area contributed by atoms with Gasteiger partial charge in [0.1, 0.15) is 3.78 Å². The Bertz CT molecular complexity index is 560. The first-order chi connectivity index (χ1) is 11.7. The summed E-state index contributed by atoms with van der Waals surface area (Å²) in [5.74, 6) is 0. The number of nitrogens with one attached hydrogen (secondary N) is 1. The highest BCUT2D eigenvalue weighted by Crippen LogP contribution is 2.41. The van der Waals surface area contributed by atoms with E-state index in [9.17, 15) is 0 Å². The van der Waals surface area contributed by atoms with Gasteiger partial charge in [-0.3, -0.25) is 0 Å². The second kappa shape index (κ2) is 9.56. The van der Waals surface area contributed by atoms with E-state index in [1.165, 1.54) is 11.3 Å². The molecule has 0 aromatic heterocycles. The number of benzene rings is 1. The van der Waals surface area contributed by atoms with Gasteiger partial charge in [-0.15, -0.1) is 11.6 Å². The van der Waals surface area contributed by atoms with Crippen molar-refractivity contribution in [2.75, 3.05) is 43.0 Å². The molecule has 0 aliphatic carbocycles. The summed E-state index contributed by atoms with van der Waals surface area (Å²) in [6.45, 7) is 11.6. The molecule has 0 spiro atoms. The number of hydrogen-bond acceptors (Lipinski definition) is 3. The topological polar surface area (TPSA) is 24.5 Å². The standard InChI is InChI=1S/C18H29Br2ClN2OSi/c1-25(2,3)24-13-6-15-14-16(18(20,21)7-8-19)4-5-17(15)23-11-9-22-10-12-23/h4-5,14,22H,6-13H2,1-3H3. The third-order valence-corrected chi connectivity index (χ3v) is 7.00. The van der Waals surface area contributed by atoms with E-state index in [-0.39, 0.29) is 0 Å². The molecule has 0 amide bonds. The summed E-state index contributed by atoms with van der Waals surface area (Å²) < 4.78 is 5.58. The van der Waals surface area contributed by atoms with Gasteiger partial charge < -0.3 is 14.6 Å². The lowest BCUT2D eigenvalue weighted by Gasteiger charge is -2.32. The minimum absolute atomic E-state index is 0.521. The molecule has 1 aliphatic heterocycles. The summed E-state index contributed by atoms with van der Waals surface area (Å²) in [5, 5.41) is 4.28. The molecule has 0 bridgehead atoms. The van der Waals surface area contributed by atoms with E-state index in [0.717, 1.165) is 56.5 Å². The molecule has 1 saturated heterocycles. The SMILES string of the molecule is C[Si](C)(C)OCCc1cc(C(Cl)(Br)CCBr)ccc1N1CCNCC1.